The number of hydrogen-bond acceptors (Lipinski definition) is 3. The predicted octanol–water partition coefficient (Wildman–Crippen LogP) is 3.64. The molecule has 1 aliphatic heterocycles. The Hall–Kier alpha value is -3.41. The van der Waals surface area contributed by atoms with Gasteiger partial charge in [0.2, 0.25) is 0 Å². The molecule has 0 spiro atoms. The van der Waals surface area contributed by atoms with Crippen LogP contribution < -0.4 is 0 Å². The van der Waals surface area contributed by atoms with E-state index in [0.717, 1.165) is 34.3 Å². The SMILES string of the molecule is C=C/C=C(\C=C/C)c1c2c(nn1C)CN(C(=O)c1n[nH]c3ccccc13)CC2. The second kappa shape index (κ2) is 7.31. The summed E-state index contributed by atoms with van der Waals surface area (Å²) in [7, 11) is 1.95. The number of fused-ring (bicyclic) bond motifs is 2. The molecule has 1 aromatic carbocycles. The largest absolute Gasteiger partial charge is 0.331 e. The van der Waals surface area contributed by atoms with E-state index in [1.54, 1.807) is 6.08 Å². The van der Waals surface area contributed by atoms with E-state index in [0.29, 0.717) is 18.8 Å². The molecule has 0 radical (unpaired) electrons. The number of rotatable bonds is 4. The van der Waals surface area contributed by atoms with Crippen molar-refractivity contribution in [1.82, 2.24) is 24.9 Å². The minimum atomic E-state index is -0.0642. The average molecular weight is 373 g/mol. The van der Waals surface area contributed by atoms with Gasteiger partial charge in [-0.2, -0.15) is 10.2 Å². The number of aromatic nitrogens is 4. The minimum absolute atomic E-state index is 0.0642. The van der Waals surface area contributed by atoms with E-state index in [-0.39, 0.29) is 5.91 Å². The van der Waals surface area contributed by atoms with Crippen LogP contribution in [0.4, 0.5) is 0 Å². The fraction of sp³-hybridized carbons (Fsp3) is 0.227. The number of amides is 1. The van der Waals surface area contributed by atoms with Crippen molar-refractivity contribution in [2.45, 2.75) is 19.9 Å². The Balaban J connectivity index is 1.66. The van der Waals surface area contributed by atoms with E-state index < -0.39 is 0 Å². The number of aromatic amines is 1. The molecule has 1 amide bonds. The van der Waals surface area contributed by atoms with Crippen LogP contribution in [0.5, 0.6) is 0 Å². The van der Waals surface area contributed by atoms with E-state index in [4.69, 9.17) is 5.10 Å². The van der Waals surface area contributed by atoms with Gasteiger partial charge >= 0.3 is 0 Å². The molecule has 0 saturated carbocycles. The van der Waals surface area contributed by atoms with Gasteiger partial charge in [-0.3, -0.25) is 14.6 Å². The molecule has 0 fully saturated rings. The van der Waals surface area contributed by atoms with Gasteiger partial charge in [0, 0.05) is 24.5 Å². The number of nitrogens with one attached hydrogen (secondary N) is 1. The third kappa shape index (κ3) is 2.97. The van der Waals surface area contributed by atoms with E-state index >= 15 is 0 Å². The summed E-state index contributed by atoms with van der Waals surface area (Å²) < 4.78 is 1.90. The molecular weight excluding hydrogens is 350 g/mol. The van der Waals surface area contributed by atoms with Crippen LogP contribution in [0.15, 0.2) is 55.1 Å². The third-order valence-electron chi connectivity index (χ3n) is 5.08. The molecule has 0 saturated heterocycles. The van der Waals surface area contributed by atoms with Crippen molar-refractivity contribution in [3.8, 4) is 0 Å². The Morgan fingerprint density at radius 3 is 2.93 bits per heavy atom. The Kier molecular flexibility index (Phi) is 4.69. The van der Waals surface area contributed by atoms with Crippen LogP contribution in [0.3, 0.4) is 0 Å². The molecule has 6 nitrogen and oxygen atoms in total. The first-order chi connectivity index (χ1) is 13.6. The Labute approximate surface area is 163 Å². The zero-order valence-electron chi connectivity index (χ0n) is 16.1. The van der Waals surface area contributed by atoms with Crippen LogP contribution >= 0.6 is 0 Å². The monoisotopic (exact) mass is 373 g/mol. The smallest absolute Gasteiger partial charge is 0.275 e. The first-order valence-corrected chi connectivity index (χ1v) is 9.37. The summed E-state index contributed by atoms with van der Waals surface area (Å²) in [6, 6.07) is 7.69. The molecule has 0 atom stereocenters. The predicted molar refractivity (Wildman–Crippen MR) is 111 cm³/mol. The van der Waals surface area contributed by atoms with Crippen molar-refractivity contribution >= 4 is 22.4 Å². The van der Waals surface area contributed by atoms with Gasteiger partial charge in [0.05, 0.1) is 23.4 Å². The summed E-state index contributed by atoms with van der Waals surface area (Å²) in [5, 5.41) is 12.7. The lowest BCUT2D eigenvalue weighted by Gasteiger charge is -2.26. The number of allylic oxidation sites excluding steroid dienone is 5. The van der Waals surface area contributed by atoms with Gasteiger partial charge in [-0.15, -0.1) is 0 Å². The van der Waals surface area contributed by atoms with Gasteiger partial charge in [0.25, 0.3) is 5.91 Å². The lowest BCUT2D eigenvalue weighted by atomic mass is 9.99. The zero-order chi connectivity index (χ0) is 19.7. The maximum Gasteiger partial charge on any atom is 0.275 e. The number of carbonyl (C=O) groups excluding carboxylic acids is 1. The number of H-pyrrole nitrogens is 1. The zero-order valence-corrected chi connectivity index (χ0v) is 16.1. The molecular formula is C22H23N5O. The molecule has 6 heteroatoms. The van der Waals surface area contributed by atoms with Crippen molar-refractivity contribution in [3.05, 3.63) is 77.8 Å². The van der Waals surface area contributed by atoms with Crippen LogP contribution in [-0.2, 0) is 20.0 Å². The van der Waals surface area contributed by atoms with Gasteiger partial charge in [-0.1, -0.05) is 49.1 Å². The molecule has 2 aromatic heterocycles. The summed E-state index contributed by atoms with van der Waals surface area (Å²) in [6.07, 6.45) is 8.61. The van der Waals surface area contributed by atoms with E-state index in [1.165, 1.54) is 5.56 Å². The maximum atomic E-state index is 13.1. The Morgan fingerprint density at radius 2 is 2.14 bits per heavy atom. The molecule has 0 unspecified atom stereocenters. The molecule has 3 heterocycles. The van der Waals surface area contributed by atoms with Crippen LogP contribution in [0, 0.1) is 0 Å². The van der Waals surface area contributed by atoms with Crippen LogP contribution in [0.25, 0.3) is 16.5 Å². The number of para-hydroxylation sites is 1. The number of benzene rings is 1. The van der Waals surface area contributed by atoms with Crippen LogP contribution in [-0.4, -0.2) is 37.3 Å². The molecule has 1 aliphatic rings. The summed E-state index contributed by atoms with van der Waals surface area (Å²) in [5.41, 5.74) is 5.64. The summed E-state index contributed by atoms with van der Waals surface area (Å²) >= 11 is 0. The van der Waals surface area contributed by atoms with Crippen molar-refractivity contribution in [1.29, 1.82) is 0 Å². The quantitative estimate of drug-likeness (QED) is 0.710. The van der Waals surface area contributed by atoms with Crippen molar-refractivity contribution in [2.75, 3.05) is 6.54 Å². The highest BCUT2D eigenvalue weighted by atomic mass is 16.2. The van der Waals surface area contributed by atoms with Crippen LogP contribution in [0.2, 0.25) is 0 Å². The van der Waals surface area contributed by atoms with Gasteiger partial charge in [0.15, 0.2) is 5.69 Å². The molecule has 4 rings (SSSR count). The topological polar surface area (TPSA) is 66.8 Å². The normalized spacial score (nSPS) is 14.6. The van der Waals surface area contributed by atoms with E-state index in [9.17, 15) is 4.79 Å². The van der Waals surface area contributed by atoms with Gasteiger partial charge in [-0.05, 0) is 25.0 Å². The first-order valence-electron chi connectivity index (χ1n) is 9.37. The van der Waals surface area contributed by atoms with Crippen LogP contribution in [0.1, 0.15) is 34.4 Å². The van der Waals surface area contributed by atoms with Crippen molar-refractivity contribution < 1.29 is 4.79 Å². The lowest BCUT2D eigenvalue weighted by molar-refractivity contribution is 0.0728. The molecule has 142 valence electrons. The lowest BCUT2D eigenvalue weighted by Crippen LogP contribution is -2.36. The minimum Gasteiger partial charge on any atom is -0.331 e. The van der Waals surface area contributed by atoms with Gasteiger partial charge < -0.3 is 4.90 Å². The van der Waals surface area contributed by atoms with Crippen molar-refractivity contribution in [3.63, 3.8) is 0 Å². The number of aryl methyl sites for hydroxylation is 1. The summed E-state index contributed by atoms with van der Waals surface area (Å²) in [4.78, 5) is 14.9. The highest BCUT2D eigenvalue weighted by Gasteiger charge is 2.29. The molecule has 0 aliphatic carbocycles. The van der Waals surface area contributed by atoms with Crippen molar-refractivity contribution in [2.24, 2.45) is 7.05 Å². The number of carbonyl (C=O) groups is 1. The second-order valence-electron chi connectivity index (χ2n) is 6.85. The first kappa shape index (κ1) is 18.0. The maximum absolute atomic E-state index is 13.1. The molecule has 0 bridgehead atoms. The van der Waals surface area contributed by atoms with Gasteiger partial charge in [-0.25, -0.2) is 0 Å². The highest BCUT2D eigenvalue weighted by molar-refractivity contribution is 6.04. The molecule has 28 heavy (non-hydrogen) atoms. The standard InChI is InChI=1S/C22H23N5O/c1-4-8-15(9-5-2)21-17-12-13-27(14-19(17)25-26(21)3)22(28)20-16-10-6-7-11-18(16)23-24-20/h4-11H,1,12-14H2,2-3H3,(H,23,24)/b9-5-,15-8+. The molecule has 1 N–H and O–H groups in total. The fourth-order valence-electron chi connectivity index (χ4n) is 3.85. The van der Waals surface area contributed by atoms with Gasteiger partial charge in [0.1, 0.15) is 0 Å². The number of hydrogen-bond donors (Lipinski definition) is 1. The Bertz CT molecular complexity index is 1120. The number of nitrogens with zero attached hydrogens (tertiary/aromatic N) is 4. The van der Waals surface area contributed by atoms with E-state index in [1.807, 2.05) is 60.0 Å². The highest BCUT2D eigenvalue weighted by Crippen LogP contribution is 2.29. The molecule has 3 aromatic rings. The average Bonchev–Trinajstić information content (AvgIpc) is 3.27. The fourth-order valence-corrected chi connectivity index (χ4v) is 3.85. The summed E-state index contributed by atoms with van der Waals surface area (Å²) in [6.45, 7) is 6.94. The van der Waals surface area contributed by atoms with E-state index in [2.05, 4.69) is 22.9 Å². The second-order valence-corrected chi connectivity index (χ2v) is 6.85. The summed E-state index contributed by atoms with van der Waals surface area (Å²) in [5.74, 6) is -0.0642. The third-order valence-corrected chi connectivity index (χ3v) is 5.08. The Morgan fingerprint density at radius 1 is 1.32 bits per heavy atom.